The van der Waals surface area contributed by atoms with Crippen LogP contribution in [-0.2, 0) is 22.5 Å². The third-order valence-electron chi connectivity index (χ3n) is 6.49. The number of hydrogen-bond donors (Lipinski definition) is 4. The standard InChI is InChI=1S/C28H37N5O4S/c1-4-19(2)25(32-28(36)37-3)26(35)31-23(16-20-8-6-5-7-9-20)24(34)18-33(29)17-21-10-12-22(13-11-21)27-30-14-15-38-27/h5-15,19,23-25,34H,4,16-18,29H2,1-3H3,(H,31,35)(H,32,36)/t19-,23?,24?,25-/m0/s1. The molecule has 9 nitrogen and oxygen atoms in total. The highest BCUT2D eigenvalue weighted by Crippen LogP contribution is 2.22. The van der Waals surface area contributed by atoms with Gasteiger partial charge in [0.1, 0.15) is 11.0 Å². The average molecular weight is 540 g/mol. The molecule has 38 heavy (non-hydrogen) atoms. The van der Waals surface area contributed by atoms with Crippen LogP contribution in [0.2, 0.25) is 0 Å². The molecule has 3 rings (SSSR count). The first kappa shape index (κ1) is 29.2. The first-order valence-corrected chi connectivity index (χ1v) is 13.5. The summed E-state index contributed by atoms with van der Waals surface area (Å²) in [6.07, 6.45) is 1.20. The zero-order valence-corrected chi connectivity index (χ0v) is 22.9. The number of nitrogens with zero attached hydrogens (tertiary/aromatic N) is 2. The fourth-order valence-corrected chi connectivity index (χ4v) is 4.74. The number of alkyl carbamates (subject to hydrolysis) is 1. The van der Waals surface area contributed by atoms with E-state index in [1.807, 2.05) is 73.8 Å². The van der Waals surface area contributed by atoms with Crippen molar-refractivity contribution in [3.8, 4) is 10.6 Å². The van der Waals surface area contributed by atoms with Crippen LogP contribution < -0.4 is 16.5 Å². The van der Waals surface area contributed by atoms with Gasteiger partial charge in [-0.05, 0) is 23.5 Å². The predicted molar refractivity (Wildman–Crippen MR) is 149 cm³/mol. The van der Waals surface area contributed by atoms with Gasteiger partial charge in [-0.15, -0.1) is 11.3 Å². The average Bonchev–Trinajstić information content (AvgIpc) is 3.46. The second-order valence-corrected chi connectivity index (χ2v) is 10.2. The van der Waals surface area contributed by atoms with Crippen LogP contribution in [0.4, 0.5) is 4.79 Å². The number of carbonyl (C=O) groups is 2. The number of benzene rings is 2. The maximum atomic E-state index is 13.3. The Morgan fingerprint density at radius 3 is 2.42 bits per heavy atom. The molecule has 0 saturated heterocycles. The van der Waals surface area contributed by atoms with E-state index in [1.54, 1.807) is 17.5 Å². The van der Waals surface area contributed by atoms with Crippen LogP contribution in [-0.4, -0.2) is 58.9 Å². The molecule has 5 N–H and O–H groups in total. The van der Waals surface area contributed by atoms with Gasteiger partial charge < -0.3 is 20.5 Å². The largest absolute Gasteiger partial charge is 0.453 e. The quantitative estimate of drug-likeness (QED) is 0.194. The zero-order valence-electron chi connectivity index (χ0n) is 22.0. The Hall–Kier alpha value is -3.31. The lowest BCUT2D eigenvalue weighted by atomic mass is 9.96. The number of hydrogen-bond acceptors (Lipinski definition) is 8. The highest BCUT2D eigenvalue weighted by molar-refractivity contribution is 7.13. The fraction of sp³-hybridized carbons (Fsp3) is 0.393. The molecule has 0 radical (unpaired) electrons. The number of aromatic nitrogens is 1. The first-order valence-electron chi connectivity index (χ1n) is 12.7. The molecule has 2 aromatic carbocycles. The molecule has 204 valence electrons. The Labute approximate surface area is 228 Å². The number of nitrogens with one attached hydrogen (secondary N) is 2. The van der Waals surface area contributed by atoms with E-state index in [0.717, 1.165) is 21.7 Å². The Kier molecular flexibility index (Phi) is 11.2. The summed E-state index contributed by atoms with van der Waals surface area (Å²) < 4.78 is 4.71. The molecule has 0 aliphatic carbocycles. The maximum absolute atomic E-state index is 13.3. The van der Waals surface area contributed by atoms with Gasteiger partial charge in [0.25, 0.3) is 0 Å². The summed E-state index contributed by atoms with van der Waals surface area (Å²) in [5.74, 6) is 5.77. The zero-order chi connectivity index (χ0) is 27.5. The van der Waals surface area contributed by atoms with Crippen LogP contribution in [0.3, 0.4) is 0 Å². The number of hydrazine groups is 1. The minimum absolute atomic E-state index is 0.129. The first-order chi connectivity index (χ1) is 18.3. The van der Waals surface area contributed by atoms with E-state index >= 15 is 0 Å². The van der Waals surface area contributed by atoms with Gasteiger partial charge in [0, 0.05) is 30.2 Å². The second kappa shape index (κ2) is 14.6. The molecular weight excluding hydrogens is 502 g/mol. The van der Waals surface area contributed by atoms with Crippen LogP contribution in [0.25, 0.3) is 10.6 Å². The Bertz CT molecular complexity index is 1130. The number of rotatable bonds is 13. The van der Waals surface area contributed by atoms with Crippen LogP contribution in [0.15, 0.2) is 66.2 Å². The summed E-state index contributed by atoms with van der Waals surface area (Å²) in [6, 6.07) is 16.1. The molecule has 1 heterocycles. The van der Waals surface area contributed by atoms with Crippen LogP contribution in [0, 0.1) is 5.92 Å². The summed E-state index contributed by atoms with van der Waals surface area (Å²) in [7, 11) is 1.26. The molecule has 0 aliphatic rings. The summed E-state index contributed by atoms with van der Waals surface area (Å²) in [5, 5.41) is 21.2. The van der Waals surface area contributed by atoms with Gasteiger partial charge in [-0.3, -0.25) is 10.6 Å². The number of thiazole rings is 1. The van der Waals surface area contributed by atoms with Gasteiger partial charge in [0.15, 0.2) is 0 Å². The Morgan fingerprint density at radius 1 is 1.11 bits per heavy atom. The SMILES string of the molecule is CC[C@H](C)[C@H](NC(=O)OC)C(=O)NC(Cc1ccccc1)C(O)CN(N)Cc1ccc(-c2nccs2)cc1. The number of methoxy groups -OCH3 is 1. The van der Waals surface area contributed by atoms with Crippen molar-refractivity contribution < 1.29 is 19.4 Å². The van der Waals surface area contributed by atoms with Gasteiger partial charge >= 0.3 is 6.09 Å². The Morgan fingerprint density at radius 2 is 1.82 bits per heavy atom. The molecule has 0 aliphatic heterocycles. The molecule has 2 amide bonds. The Balaban J connectivity index is 1.69. The topological polar surface area (TPSA) is 130 Å². The lowest BCUT2D eigenvalue weighted by Gasteiger charge is -2.30. The van der Waals surface area contributed by atoms with Crippen molar-refractivity contribution in [2.45, 2.75) is 51.4 Å². The molecule has 3 aromatic rings. The third-order valence-corrected chi connectivity index (χ3v) is 7.31. The third kappa shape index (κ3) is 8.63. The van der Waals surface area contributed by atoms with Gasteiger partial charge in [0.05, 0.1) is 19.3 Å². The van der Waals surface area contributed by atoms with Crippen LogP contribution in [0.1, 0.15) is 31.4 Å². The summed E-state index contributed by atoms with van der Waals surface area (Å²) >= 11 is 1.58. The predicted octanol–water partition coefficient (Wildman–Crippen LogP) is 3.34. The monoisotopic (exact) mass is 539 g/mol. The minimum atomic E-state index is -0.963. The van der Waals surface area contributed by atoms with Crippen molar-refractivity contribution in [3.05, 3.63) is 77.3 Å². The van der Waals surface area contributed by atoms with Crippen LogP contribution in [0.5, 0.6) is 0 Å². The summed E-state index contributed by atoms with van der Waals surface area (Å²) in [4.78, 5) is 29.5. The van der Waals surface area contributed by atoms with E-state index in [0.29, 0.717) is 19.4 Å². The second-order valence-electron chi connectivity index (χ2n) is 9.33. The van der Waals surface area contributed by atoms with E-state index in [9.17, 15) is 14.7 Å². The number of ether oxygens (including phenoxy) is 1. The van der Waals surface area contributed by atoms with Gasteiger partial charge in [0.2, 0.25) is 5.91 Å². The minimum Gasteiger partial charge on any atom is -0.453 e. The lowest BCUT2D eigenvalue weighted by Crippen LogP contribution is -2.57. The number of aliphatic hydroxyl groups excluding tert-OH is 1. The highest BCUT2D eigenvalue weighted by Gasteiger charge is 2.30. The molecule has 10 heteroatoms. The molecule has 0 fully saturated rings. The van der Waals surface area contributed by atoms with E-state index in [-0.39, 0.29) is 18.4 Å². The van der Waals surface area contributed by atoms with Crippen molar-refractivity contribution in [3.63, 3.8) is 0 Å². The van der Waals surface area contributed by atoms with E-state index < -0.39 is 24.3 Å². The molecule has 1 aromatic heterocycles. The van der Waals surface area contributed by atoms with Crippen molar-refractivity contribution in [2.75, 3.05) is 13.7 Å². The smallest absolute Gasteiger partial charge is 0.407 e. The number of carbonyl (C=O) groups excluding carboxylic acids is 2. The van der Waals surface area contributed by atoms with E-state index in [1.165, 1.54) is 12.1 Å². The van der Waals surface area contributed by atoms with Crippen molar-refractivity contribution in [1.82, 2.24) is 20.6 Å². The summed E-state index contributed by atoms with van der Waals surface area (Å²) in [6.45, 7) is 4.37. The van der Waals surface area contributed by atoms with Gasteiger partial charge in [-0.2, -0.15) is 0 Å². The molecule has 4 atom stereocenters. The maximum Gasteiger partial charge on any atom is 0.407 e. The highest BCUT2D eigenvalue weighted by atomic mass is 32.1. The fourth-order valence-electron chi connectivity index (χ4n) is 4.10. The normalized spacial score (nSPS) is 14.4. The van der Waals surface area contributed by atoms with Crippen molar-refractivity contribution in [2.24, 2.45) is 11.8 Å². The van der Waals surface area contributed by atoms with Crippen molar-refractivity contribution >= 4 is 23.3 Å². The molecule has 0 spiro atoms. The number of amides is 2. The lowest BCUT2D eigenvalue weighted by molar-refractivity contribution is -0.126. The van der Waals surface area contributed by atoms with Crippen LogP contribution >= 0.6 is 11.3 Å². The van der Waals surface area contributed by atoms with Crippen molar-refractivity contribution in [1.29, 1.82) is 0 Å². The summed E-state index contributed by atoms with van der Waals surface area (Å²) in [5.41, 5.74) is 2.98. The van der Waals surface area contributed by atoms with Gasteiger partial charge in [-0.1, -0.05) is 74.9 Å². The van der Waals surface area contributed by atoms with Gasteiger partial charge in [-0.25, -0.2) is 14.8 Å². The van der Waals surface area contributed by atoms with E-state index in [4.69, 9.17) is 10.6 Å². The molecular formula is C28H37N5O4S. The number of aliphatic hydroxyl groups is 1. The molecule has 0 bridgehead atoms. The molecule has 2 unspecified atom stereocenters. The molecule has 0 saturated carbocycles. The number of nitrogens with two attached hydrogens (primary N) is 1. The van der Waals surface area contributed by atoms with E-state index in [2.05, 4.69) is 15.6 Å².